The number of carbonyl (C=O) groups excluding carboxylic acids is 1. The lowest BCUT2D eigenvalue weighted by molar-refractivity contribution is -0.192. The van der Waals surface area contributed by atoms with Gasteiger partial charge in [-0.05, 0) is 40.9 Å². The summed E-state index contributed by atoms with van der Waals surface area (Å²) in [6, 6.07) is 4.03. The standard InChI is InChI=1S/C20H30F3NO3Si/c1-12(2)28(13(3)4,14(5)6)27-17-18(20(21,22)23)24(19(17)25)15-8-10-16(26-7)11-9-15/h8-14,17-18H,1-7H3/t17-,18-/m1/s1. The zero-order valence-electron chi connectivity index (χ0n) is 17.5. The summed E-state index contributed by atoms with van der Waals surface area (Å²) in [5.41, 5.74) is 0.455. The van der Waals surface area contributed by atoms with Crippen LogP contribution < -0.4 is 9.64 Å². The number of halogens is 3. The maximum Gasteiger partial charge on any atom is 0.412 e. The smallest absolute Gasteiger partial charge is 0.412 e. The Kier molecular flexibility index (Phi) is 6.55. The van der Waals surface area contributed by atoms with E-state index in [-0.39, 0.29) is 22.3 Å². The predicted molar refractivity (Wildman–Crippen MR) is 106 cm³/mol. The maximum absolute atomic E-state index is 13.9. The largest absolute Gasteiger partial charge is 0.497 e. The molecular formula is C20H30F3NO3Si. The van der Waals surface area contributed by atoms with Crippen LogP contribution in [0.5, 0.6) is 5.75 Å². The van der Waals surface area contributed by atoms with Gasteiger partial charge in [0.05, 0.1) is 7.11 Å². The Morgan fingerprint density at radius 2 is 1.43 bits per heavy atom. The Bertz CT molecular complexity index is 667. The van der Waals surface area contributed by atoms with Crippen molar-refractivity contribution in [3.63, 3.8) is 0 Å². The number of nitrogens with zero attached hydrogens (tertiary/aromatic N) is 1. The summed E-state index contributed by atoms with van der Waals surface area (Å²) < 4.78 is 53.0. The van der Waals surface area contributed by atoms with Gasteiger partial charge in [-0.15, -0.1) is 0 Å². The molecule has 1 saturated heterocycles. The van der Waals surface area contributed by atoms with E-state index in [1.165, 1.54) is 19.2 Å². The molecule has 0 saturated carbocycles. The first kappa shape index (κ1) is 22.7. The fourth-order valence-electron chi connectivity index (χ4n) is 4.55. The van der Waals surface area contributed by atoms with Crippen molar-refractivity contribution in [2.75, 3.05) is 12.0 Å². The summed E-state index contributed by atoms with van der Waals surface area (Å²) in [5.74, 6) is -0.120. The number of rotatable bonds is 7. The van der Waals surface area contributed by atoms with Gasteiger partial charge in [-0.2, -0.15) is 13.2 Å². The number of amides is 1. The molecule has 2 atom stereocenters. The maximum atomic E-state index is 13.9. The van der Waals surface area contributed by atoms with Gasteiger partial charge in [-0.3, -0.25) is 9.69 Å². The number of hydrogen-bond donors (Lipinski definition) is 0. The van der Waals surface area contributed by atoms with E-state index in [0.29, 0.717) is 5.75 Å². The Hall–Kier alpha value is -1.54. The summed E-state index contributed by atoms with van der Waals surface area (Å²) in [5, 5.41) is 0. The second-order valence-electron chi connectivity index (χ2n) is 8.25. The summed E-state index contributed by atoms with van der Waals surface area (Å²) >= 11 is 0. The third-order valence-electron chi connectivity index (χ3n) is 5.77. The Morgan fingerprint density at radius 1 is 0.964 bits per heavy atom. The predicted octanol–water partition coefficient (Wildman–Crippen LogP) is 5.53. The van der Waals surface area contributed by atoms with Crippen molar-refractivity contribution in [2.45, 2.75) is 76.5 Å². The number of β-lactam (4-membered cyclic amide) rings is 1. The molecule has 0 unspecified atom stereocenters. The average Bonchev–Trinajstić information content (AvgIpc) is 2.58. The molecule has 0 N–H and O–H groups in total. The molecule has 8 heteroatoms. The van der Waals surface area contributed by atoms with E-state index in [4.69, 9.17) is 9.16 Å². The van der Waals surface area contributed by atoms with Crippen molar-refractivity contribution in [2.24, 2.45) is 0 Å². The van der Waals surface area contributed by atoms with Crippen LogP contribution in [0.2, 0.25) is 16.6 Å². The number of alkyl halides is 3. The number of ether oxygens (including phenoxy) is 1. The van der Waals surface area contributed by atoms with Crippen LogP contribution in [0, 0.1) is 0 Å². The quantitative estimate of drug-likeness (QED) is 0.432. The highest BCUT2D eigenvalue weighted by Gasteiger charge is 2.64. The molecular weight excluding hydrogens is 387 g/mol. The zero-order chi connectivity index (χ0) is 21.4. The molecule has 0 bridgehead atoms. The van der Waals surface area contributed by atoms with E-state index in [1.807, 2.05) is 41.5 Å². The normalized spacial score (nSPS) is 20.9. The highest BCUT2D eigenvalue weighted by molar-refractivity contribution is 6.77. The molecule has 2 rings (SSSR count). The van der Waals surface area contributed by atoms with Crippen molar-refractivity contribution in [3.05, 3.63) is 24.3 Å². The van der Waals surface area contributed by atoms with Crippen molar-refractivity contribution in [3.8, 4) is 5.75 Å². The lowest BCUT2D eigenvalue weighted by Crippen LogP contribution is -2.74. The number of hydrogen-bond acceptors (Lipinski definition) is 3. The minimum absolute atomic E-state index is 0.0872. The fraction of sp³-hybridized carbons (Fsp3) is 0.650. The van der Waals surface area contributed by atoms with Crippen LogP contribution in [0.15, 0.2) is 24.3 Å². The van der Waals surface area contributed by atoms with E-state index in [9.17, 15) is 18.0 Å². The summed E-state index contributed by atoms with van der Waals surface area (Å²) in [4.78, 5) is 13.6. The van der Waals surface area contributed by atoms with Gasteiger partial charge >= 0.3 is 6.18 Å². The molecule has 1 amide bonds. The van der Waals surface area contributed by atoms with Gasteiger partial charge in [-0.25, -0.2) is 0 Å². The molecule has 1 fully saturated rings. The Balaban J connectivity index is 2.40. The van der Waals surface area contributed by atoms with E-state index < -0.39 is 32.5 Å². The first-order chi connectivity index (χ1) is 12.9. The molecule has 28 heavy (non-hydrogen) atoms. The van der Waals surface area contributed by atoms with Crippen LogP contribution in [0.1, 0.15) is 41.5 Å². The zero-order valence-corrected chi connectivity index (χ0v) is 18.5. The van der Waals surface area contributed by atoms with Crippen molar-refractivity contribution in [1.82, 2.24) is 0 Å². The second kappa shape index (κ2) is 8.06. The molecule has 1 aromatic carbocycles. The average molecular weight is 418 g/mol. The molecule has 1 aliphatic rings. The monoisotopic (exact) mass is 417 g/mol. The molecule has 0 spiro atoms. The van der Waals surface area contributed by atoms with E-state index in [0.717, 1.165) is 4.90 Å². The Morgan fingerprint density at radius 3 is 1.79 bits per heavy atom. The van der Waals surface area contributed by atoms with Gasteiger partial charge < -0.3 is 9.16 Å². The van der Waals surface area contributed by atoms with Gasteiger partial charge in [0.1, 0.15) is 5.75 Å². The van der Waals surface area contributed by atoms with Gasteiger partial charge in [0, 0.05) is 5.69 Å². The summed E-state index contributed by atoms with van der Waals surface area (Å²) in [6.07, 6.45) is -6.06. The first-order valence-corrected chi connectivity index (χ1v) is 11.7. The SMILES string of the molecule is COc1ccc(N2C(=O)[C@H](O[Si](C(C)C)(C(C)C)C(C)C)[C@@H]2C(F)(F)F)cc1. The minimum Gasteiger partial charge on any atom is -0.497 e. The first-order valence-electron chi connectivity index (χ1n) is 9.59. The molecule has 0 aliphatic carbocycles. The van der Waals surface area contributed by atoms with Crippen molar-refractivity contribution in [1.29, 1.82) is 0 Å². The van der Waals surface area contributed by atoms with Crippen molar-refractivity contribution >= 4 is 19.9 Å². The number of anilines is 1. The van der Waals surface area contributed by atoms with Crippen LogP contribution in [0.3, 0.4) is 0 Å². The number of benzene rings is 1. The third-order valence-corrected chi connectivity index (χ3v) is 11.8. The van der Waals surface area contributed by atoms with Crippen LogP contribution in [-0.2, 0) is 9.22 Å². The van der Waals surface area contributed by atoms with Gasteiger partial charge in [0.15, 0.2) is 12.1 Å². The molecule has 1 heterocycles. The molecule has 1 aliphatic heterocycles. The number of carbonyl (C=O) groups is 1. The van der Waals surface area contributed by atoms with E-state index >= 15 is 0 Å². The summed E-state index contributed by atoms with van der Waals surface area (Å²) in [6.45, 7) is 11.9. The third kappa shape index (κ3) is 3.81. The van der Waals surface area contributed by atoms with Gasteiger partial charge in [-0.1, -0.05) is 41.5 Å². The second-order valence-corrected chi connectivity index (χ2v) is 13.7. The topological polar surface area (TPSA) is 38.8 Å². The van der Waals surface area contributed by atoms with Gasteiger partial charge in [0.25, 0.3) is 5.91 Å². The van der Waals surface area contributed by atoms with Crippen LogP contribution >= 0.6 is 0 Å². The van der Waals surface area contributed by atoms with Crippen LogP contribution in [0.25, 0.3) is 0 Å². The lowest BCUT2D eigenvalue weighted by Gasteiger charge is -2.53. The van der Waals surface area contributed by atoms with Gasteiger partial charge in [0.2, 0.25) is 8.32 Å². The highest BCUT2D eigenvalue weighted by atomic mass is 28.4. The molecule has 0 aromatic heterocycles. The molecule has 4 nitrogen and oxygen atoms in total. The molecule has 1 aromatic rings. The van der Waals surface area contributed by atoms with Crippen LogP contribution in [0.4, 0.5) is 18.9 Å². The molecule has 158 valence electrons. The van der Waals surface area contributed by atoms with E-state index in [1.54, 1.807) is 12.1 Å². The van der Waals surface area contributed by atoms with E-state index in [2.05, 4.69) is 0 Å². The number of methoxy groups -OCH3 is 1. The summed E-state index contributed by atoms with van der Waals surface area (Å²) in [7, 11) is -1.16. The minimum atomic E-state index is -4.58. The molecule has 0 radical (unpaired) electrons. The Labute approximate surface area is 166 Å². The fourth-order valence-corrected chi connectivity index (χ4v) is 10.0. The highest BCUT2D eigenvalue weighted by Crippen LogP contribution is 2.48. The lowest BCUT2D eigenvalue weighted by atomic mass is 9.96. The van der Waals surface area contributed by atoms with Crippen LogP contribution in [-0.4, -0.2) is 39.7 Å². The van der Waals surface area contributed by atoms with Crippen molar-refractivity contribution < 1.29 is 27.1 Å².